The lowest BCUT2D eigenvalue weighted by molar-refractivity contribution is -0.154. The van der Waals surface area contributed by atoms with Gasteiger partial charge in [-0.3, -0.25) is 9.69 Å². The normalized spacial score (nSPS) is 19.6. The molecule has 2 aliphatic rings. The zero-order valence-corrected chi connectivity index (χ0v) is 16.4. The minimum absolute atomic E-state index is 0.0481. The van der Waals surface area contributed by atoms with Crippen molar-refractivity contribution in [2.45, 2.75) is 56.8 Å². The molecule has 6 nitrogen and oxygen atoms in total. The van der Waals surface area contributed by atoms with Crippen molar-refractivity contribution in [3.8, 4) is 5.75 Å². The molecule has 3 amide bonds. The van der Waals surface area contributed by atoms with E-state index in [1.54, 1.807) is 24.3 Å². The molecule has 2 fully saturated rings. The fourth-order valence-electron chi connectivity index (χ4n) is 4.07. The first-order chi connectivity index (χ1) is 13.7. The van der Waals surface area contributed by atoms with Crippen LogP contribution in [0, 0.1) is 0 Å². The summed E-state index contributed by atoms with van der Waals surface area (Å²) in [6.07, 6.45) is 0.227. The largest absolute Gasteiger partial charge is 0.497 e. The Morgan fingerprint density at radius 2 is 1.72 bits per heavy atom. The molecular weight excluding hydrogens is 387 g/mol. The van der Waals surface area contributed by atoms with E-state index in [2.05, 4.69) is 5.32 Å². The number of urea groups is 1. The molecule has 1 saturated heterocycles. The standard InChI is InChI=1S/C20H26F3N3O3/c1-29-16-8-6-15(7-9-16)12-25(13-20(21,22)23)14-26-17(27)19(24-18(26)28)10-4-2-3-5-11-19/h6-9H,2-5,10-14H2,1H3,(H,24,28). The number of alkyl halides is 3. The number of carbonyl (C=O) groups excluding carboxylic acids is 2. The second kappa shape index (κ2) is 8.61. The number of carbonyl (C=O) groups is 2. The molecule has 1 aliphatic carbocycles. The maximum absolute atomic E-state index is 13.1. The number of methoxy groups -OCH3 is 1. The van der Waals surface area contributed by atoms with Gasteiger partial charge in [0, 0.05) is 6.54 Å². The van der Waals surface area contributed by atoms with Crippen molar-refractivity contribution < 1.29 is 27.5 Å². The molecule has 3 rings (SSSR count). The number of imide groups is 1. The molecule has 29 heavy (non-hydrogen) atoms. The molecule has 1 aliphatic heterocycles. The van der Waals surface area contributed by atoms with Gasteiger partial charge in [0.2, 0.25) is 0 Å². The van der Waals surface area contributed by atoms with Crippen LogP contribution in [0.1, 0.15) is 44.1 Å². The molecule has 1 heterocycles. The van der Waals surface area contributed by atoms with Gasteiger partial charge in [-0.05, 0) is 30.5 Å². The maximum atomic E-state index is 13.1. The van der Waals surface area contributed by atoms with Crippen molar-refractivity contribution in [3.05, 3.63) is 29.8 Å². The summed E-state index contributed by atoms with van der Waals surface area (Å²) >= 11 is 0. The predicted molar refractivity (Wildman–Crippen MR) is 100 cm³/mol. The number of hydrogen-bond donors (Lipinski definition) is 1. The van der Waals surface area contributed by atoms with E-state index in [9.17, 15) is 22.8 Å². The molecule has 1 N–H and O–H groups in total. The highest BCUT2D eigenvalue weighted by Gasteiger charge is 2.51. The van der Waals surface area contributed by atoms with Crippen LogP contribution in [0.25, 0.3) is 0 Å². The summed E-state index contributed by atoms with van der Waals surface area (Å²) in [7, 11) is 1.51. The maximum Gasteiger partial charge on any atom is 0.401 e. The highest BCUT2D eigenvalue weighted by atomic mass is 19.4. The zero-order chi connectivity index (χ0) is 21.1. The summed E-state index contributed by atoms with van der Waals surface area (Å²) < 4.78 is 44.5. The number of rotatable bonds is 6. The smallest absolute Gasteiger partial charge is 0.401 e. The lowest BCUT2D eigenvalue weighted by Gasteiger charge is -2.29. The third kappa shape index (κ3) is 5.20. The van der Waals surface area contributed by atoms with Gasteiger partial charge < -0.3 is 10.1 Å². The van der Waals surface area contributed by atoms with Crippen LogP contribution in [-0.2, 0) is 11.3 Å². The first-order valence-corrected chi connectivity index (χ1v) is 9.79. The molecule has 160 valence electrons. The summed E-state index contributed by atoms with van der Waals surface area (Å²) in [4.78, 5) is 27.5. The summed E-state index contributed by atoms with van der Waals surface area (Å²) in [6, 6.07) is 6.05. The van der Waals surface area contributed by atoms with E-state index in [1.165, 1.54) is 7.11 Å². The third-order valence-electron chi connectivity index (χ3n) is 5.51. The SMILES string of the molecule is COc1ccc(CN(CN2C(=O)NC3(CCCCCC3)C2=O)CC(F)(F)F)cc1. The summed E-state index contributed by atoms with van der Waals surface area (Å²) in [5.41, 5.74) is -0.330. The van der Waals surface area contributed by atoms with Gasteiger partial charge in [0.15, 0.2) is 0 Å². The number of amides is 3. The first kappa shape index (κ1) is 21.4. The third-order valence-corrected chi connectivity index (χ3v) is 5.51. The van der Waals surface area contributed by atoms with Crippen LogP contribution in [0.2, 0.25) is 0 Å². The Hall–Kier alpha value is -2.29. The second-order valence-electron chi connectivity index (χ2n) is 7.75. The van der Waals surface area contributed by atoms with Crippen LogP contribution in [-0.4, -0.2) is 53.8 Å². The predicted octanol–water partition coefficient (Wildman–Crippen LogP) is 3.66. The molecule has 9 heteroatoms. The Balaban J connectivity index is 1.75. The number of halogens is 3. The number of ether oxygens (including phenoxy) is 1. The molecule has 1 spiro atoms. The highest BCUT2D eigenvalue weighted by Crippen LogP contribution is 2.33. The molecule has 0 radical (unpaired) electrons. The van der Waals surface area contributed by atoms with E-state index in [-0.39, 0.29) is 6.54 Å². The Labute approximate surface area is 168 Å². The molecule has 0 bridgehead atoms. The summed E-state index contributed by atoms with van der Waals surface area (Å²) in [5.74, 6) is 0.187. The fourth-order valence-corrected chi connectivity index (χ4v) is 4.07. The lowest BCUT2D eigenvalue weighted by atomic mass is 9.90. The molecule has 1 saturated carbocycles. The van der Waals surface area contributed by atoms with Gasteiger partial charge in [-0.2, -0.15) is 13.2 Å². The van der Waals surface area contributed by atoms with Crippen molar-refractivity contribution >= 4 is 11.9 Å². The number of hydrogen-bond acceptors (Lipinski definition) is 4. The van der Waals surface area contributed by atoms with Crippen LogP contribution in [0.15, 0.2) is 24.3 Å². The lowest BCUT2D eigenvalue weighted by Crippen LogP contribution is -2.48. The monoisotopic (exact) mass is 413 g/mol. The quantitative estimate of drug-likeness (QED) is 0.723. The van der Waals surface area contributed by atoms with Crippen molar-refractivity contribution in [1.82, 2.24) is 15.1 Å². The van der Waals surface area contributed by atoms with E-state index < -0.39 is 36.9 Å². The zero-order valence-electron chi connectivity index (χ0n) is 16.4. The van der Waals surface area contributed by atoms with Crippen molar-refractivity contribution in [3.63, 3.8) is 0 Å². The Morgan fingerprint density at radius 3 is 2.28 bits per heavy atom. The topological polar surface area (TPSA) is 61.9 Å². The number of nitrogens with zero attached hydrogens (tertiary/aromatic N) is 2. The van der Waals surface area contributed by atoms with Crippen LogP contribution < -0.4 is 10.1 Å². The molecule has 0 unspecified atom stereocenters. The average Bonchev–Trinajstić information content (AvgIpc) is 2.82. The van der Waals surface area contributed by atoms with E-state index in [0.717, 1.165) is 35.5 Å². The Morgan fingerprint density at radius 1 is 1.10 bits per heavy atom. The Bertz CT molecular complexity index is 729. The van der Waals surface area contributed by atoms with Crippen LogP contribution in [0.4, 0.5) is 18.0 Å². The van der Waals surface area contributed by atoms with Gasteiger partial charge in [-0.25, -0.2) is 9.69 Å². The van der Waals surface area contributed by atoms with Gasteiger partial charge in [0.1, 0.15) is 11.3 Å². The molecule has 1 aromatic carbocycles. The van der Waals surface area contributed by atoms with Crippen molar-refractivity contribution in [1.29, 1.82) is 0 Å². The van der Waals surface area contributed by atoms with E-state index in [1.807, 2.05) is 0 Å². The van der Waals surface area contributed by atoms with Gasteiger partial charge in [0.25, 0.3) is 5.91 Å². The minimum atomic E-state index is -4.45. The minimum Gasteiger partial charge on any atom is -0.497 e. The van der Waals surface area contributed by atoms with Gasteiger partial charge in [-0.15, -0.1) is 0 Å². The van der Waals surface area contributed by atoms with Crippen LogP contribution in [0.3, 0.4) is 0 Å². The highest BCUT2D eigenvalue weighted by molar-refractivity contribution is 6.07. The summed E-state index contributed by atoms with van der Waals surface area (Å²) in [5, 5.41) is 2.77. The average molecular weight is 413 g/mol. The van der Waals surface area contributed by atoms with E-state index in [4.69, 9.17) is 4.74 Å². The van der Waals surface area contributed by atoms with Crippen LogP contribution in [0.5, 0.6) is 5.75 Å². The van der Waals surface area contributed by atoms with Crippen molar-refractivity contribution in [2.75, 3.05) is 20.3 Å². The van der Waals surface area contributed by atoms with Crippen LogP contribution >= 0.6 is 0 Å². The first-order valence-electron chi connectivity index (χ1n) is 9.79. The van der Waals surface area contributed by atoms with Crippen molar-refractivity contribution in [2.24, 2.45) is 0 Å². The number of nitrogens with one attached hydrogen (secondary N) is 1. The number of benzene rings is 1. The van der Waals surface area contributed by atoms with Gasteiger partial charge in [-0.1, -0.05) is 37.8 Å². The van der Waals surface area contributed by atoms with Gasteiger partial charge >= 0.3 is 12.2 Å². The van der Waals surface area contributed by atoms with E-state index in [0.29, 0.717) is 24.2 Å². The molecular formula is C20H26F3N3O3. The van der Waals surface area contributed by atoms with Gasteiger partial charge in [0.05, 0.1) is 20.3 Å². The summed E-state index contributed by atoms with van der Waals surface area (Å²) in [6.45, 7) is -1.67. The molecule has 0 atom stereocenters. The fraction of sp³-hybridized carbons (Fsp3) is 0.600. The molecule has 1 aromatic rings. The Kier molecular flexibility index (Phi) is 6.36. The molecule has 0 aromatic heterocycles. The second-order valence-corrected chi connectivity index (χ2v) is 7.75. The van der Waals surface area contributed by atoms with E-state index >= 15 is 0 Å².